The fourth-order valence-electron chi connectivity index (χ4n) is 1.59. The standard InChI is InChI=1S/C15H16ClN3O.HI/c16-13-8-4-5-9-14(13)20-11-10-18-15(17)19-12-6-2-1-3-7-12;/h1-9H,10-11H2,(H3,17,18,19);1H. The number of aliphatic imine (C=N–C) groups is 1. The number of hydrogen-bond donors (Lipinski definition) is 2. The summed E-state index contributed by atoms with van der Waals surface area (Å²) in [5, 5.41) is 3.59. The maximum atomic E-state index is 5.98. The van der Waals surface area contributed by atoms with E-state index in [-0.39, 0.29) is 24.0 Å². The van der Waals surface area contributed by atoms with Crippen LogP contribution in [0.5, 0.6) is 5.75 Å². The number of anilines is 1. The van der Waals surface area contributed by atoms with Crippen LogP contribution in [0.2, 0.25) is 5.02 Å². The van der Waals surface area contributed by atoms with Gasteiger partial charge in [-0.2, -0.15) is 0 Å². The van der Waals surface area contributed by atoms with Crippen molar-refractivity contribution >= 4 is 47.2 Å². The quantitative estimate of drug-likeness (QED) is 0.337. The first-order valence-corrected chi connectivity index (χ1v) is 6.63. The van der Waals surface area contributed by atoms with Crippen molar-refractivity contribution in [3.8, 4) is 5.75 Å². The smallest absolute Gasteiger partial charge is 0.193 e. The maximum absolute atomic E-state index is 5.98. The fourth-order valence-corrected chi connectivity index (χ4v) is 1.78. The Hall–Kier alpha value is -1.47. The molecule has 0 bridgehead atoms. The summed E-state index contributed by atoms with van der Waals surface area (Å²) in [6.07, 6.45) is 0. The van der Waals surface area contributed by atoms with E-state index in [1.165, 1.54) is 0 Å². The van der Waals surface area contributed by atoms with Crippen LogP contribution in [0, 0.1) is 0 Å². The van der Waals surface area contributed by atoms with Crippen molar-refractivity contribution in [2.45, 2.75) is 0 Å². The van der Waals surface area contributed by atoms with Crippen LogP contribution in [0.3, 0.4) is 0 Å². The molecule has 0 spiro atoms. The third-order valence-electron chi connectivity index (χ3n) is 2.51. The van der Waals surface area contributed by atoms with Crippen LogP contribution < -0.4 is 15.8 Å². The minimum Gasteiger partial charge on any atom is -0.490 e. The van der Waals surface area contributed by atoms with Gasteiger partial charge in [-0.05, 0) is 24.3 Å². The van der Waals surface area contributed by atoms with E-state index in [1.807, 2.05) is 48.5 Å². The number of nitrogens with two attached hydrogens (primary N) is 1. The lowest BCUT2D eigenvalue weighted by atomic mass is 10.3. The Bertz CT molecular complexity index is 578. The van der Waals surface area contributed by atoms with Crippen LogP contribution in [0.4, 0.5) is 5.69 Å². The fraction of sp³-hybridized carbons (Fsp3) is 0.133. The summed E-state index contributed by atoms with van der Waals surface area (Å²) in [5.41, 5.74) is 6.68. The van der Waals surface area contributed by atoms with E-state index in [0.717, 1.165) is 5.69 Å². The van der Waals surface area contributed by atoms with Crippen LogP contribution in [0.25, 0.3) is 0 Å². The van der Waals surface area contributed by atoms with Gasteiger partial charge in [0.25, 0.3) is 0 Å². The Morgan fingerprint density at radius 3 is 2.48 bits per heavy atom. The van der Waals surface area contributed by atoms with Gasteiger partial charge in [-0.25, -0.2) is 4.99 Å². The van der Waals surface area contributed by atoms with E-state index in [4.69, 9.17) is 22.1 Å². The molecular formula is C15H17ClIN3O. The number of halogens is 2. The highest BCUT2D eigenvalue weighted by Crippen LogP contribution is 2.22. The second kappa shape index (κ2) is 9.46. The van der Waals surface area contributed by atoms with Gasteiger partial charge in [0.15, 0.2) is 5.96 Å². The minimum atomic E-state index is 0. The molecule has 0 saturated carbocycles. The molecule has 0 aliphatic heterocycles. The van der Waals surface area contributed by atoms with Crippen LogP contribution in [-0.2, 0) is 0 Å². The van der Waals surface area contributed by atoms with Gasteiger partial charge in [0.2, 0.25) is 0 Å². The Labute approximate surface area is 146 Å². The molecule has 6 heteroatoms. The number of guanidine groups is 1. The molecule has 0 unspecified atom stereocenters. The first-order valence-electron chi connectivity index (χ1n) is 6.25. The van der Waals surface area contributed by atoms with Crippen molar-refractivity contribution in [3.63, 3.8) is 0 Å². The van der Waals surface area contributed by atoms with Crippen molar-refractivity contribution in [3.05, 3.63) is 59.6 Å². The van der Waals surface area contributed by atoms with Crippen molar-refractivity contribution in [1.29, 1.82) is 0 Å². The molecule has 2 aromatic carbocycles. The predicted octanol–water partition coefficient (Wildman–Crippen LogP) is 3.76. The van der Waals surface area contributed by atoms with Gasteiger partial charge in [-0.1, -0.05) is 41.9 Å². The van der Waals surface area contributed by atoms with Crippen molar-refractivity contribution < 1.29 is 4.74 Å². The normalized spacial score (nSPS) is 10.6. The lowest BCUT2D eigenvalue weighted by Crippen LogP contribution is -2.23. The van der Waals surface area contributed by atoms with Gasteiger partial charge in [0.05, 0.1) is 11.6 Å². The molecule has 0 amide bonds. The van der Waals surface area contributed by atoms with E-state index in [2.05, 4.69) is 10.3 Å². The average Bonchev–Trinajstić information content (AvgIpc) is 2.46. The molecular weight excluding hydrogens is 401 g/mol. The number of ether oxygens (including phenoxy) is 1. The van der Waals surface area contributed by atoms with Gasteiger partial charge in [0.1, 0.15) is 12.4 Å². The van der Waals surface area contributed by atoms with Gasteiger partial charge in [-0.15, -0.1) is 24.0 Å². The van der Waals surface area contributed by atoms with E-state index in [9.17, 15) is 0 Å². The molecule has 0 atom stereocenters. The number of rotatable bonds is 5. The molecule has 21 heavy (non-hydrogen) atoms. The monoisotopic (exact) mass is 417 g/mol. The summed E-state index contributed by atoms with van der Waals surface area (Å²) in [6.45, 7) is 0.873. The van der Waals surface area contributed by atoms with Crippen molar-refractivity contribution in [1.82, 2.24) is 0 Å². The molecule has 3 N–H and O–H groups in total. The highest BCUT2D eigenvalue weighted by atomic mass is 127. The summed E-state index contributed by atoms with van der Waals surface area (Å²) in [6, 6.07) is 17.0. The first kappa shape index (κ1) is 17.6. The van der Waals surface area contributed by atoms with Gasteiger partial charge in [0, 0.05) is 5.69 Å². The first-order chi connectivity index (χ1) is 9.75. The van der Waals surface area contributed by atoms with Crippen LogP contribution in [0.15, 0.2) is 59.6 Å². The Morgan fingerprint density at radius 2 is 1.76 bits per heavy atom. The summed E-state index contributed by atoms with van der Waals surface area (Å²) in [5.74, 6) is 1.01. The number of nitrogens with one attached hydrogen (secondary N) is 1. The zero-order valence-corrected chi connectivity index (χ0v) is 14.4. The Balaban J connectivity index is 0.00000220. The van der Waals surface area contributed by atoms with Gasteiger partial charge < -0.3 is 15.8 Å². The SMILES string of the molecule is I.NC(=NCCOc1ccccc1Cl)Nc1ccccc1. The molecule has 0 heterocycles. The number of nitrogens with zero attached hydrogens (tertiary/aromatic N) is 1. The summed E-state index contributed by atoms with van der Waals surface area (Å²) < 4.78 is 5.52. The predicted molar refractivity (Wildman–Crippen MR) is 98.9 cm³/mol. The van der Waals surface area contributed by atoms with E-state index in [0.29, 0.717) is 29.9 Å². The lowest BCUT2D eigenvalue weighted by Gasteiger charge is -2.07. The van der Waals surface area contributed by atoms with Crippen LogP contribution >= 0.6 is 35.6 Å². The third-order valence-corrected chi connectivity index (χ3v) is 2.83. The lowest BCUT2D eigenvalue weighted by molar-refractivity contribution is 0.329. The summed E-state index contributed by atoms with van der Waals surface area (Å²) in [7, 11) is 0. The summed E-state index contributed by atoms with van der Waals surface area (Å²) in [4.78, 5) is 4.18. The molecule has 2 rings (SSSR count). The van der Waals surface area contributed by atoms with Crippen molar-refractivity contribution in [2.24, 2.45) is 10.7 Å². The number of hydrogen-bond acceptors (Lipinski definition) is 2. The molecule has 0 fully saturated rings. The maximum Gasteiger partial charge on any atom is 0.193 e. The van der Waals surface area contributed by atoms with Gasteiger partial charge in [-0.3, -0.25) is 0 Å². The van der Waals surface area contributed by atoms with E-state index < -0.39 is 0 Å². The molecule has 2 aromatic rings. The zero-order valence-electron chi connectivity index (χ0n) is 11.3. The molecule has 112 valence electrons. The molecule has 0 radical (unpaired) electrons. The van der Waals surface area contributed by atoms with Crippen molar-refractivity contribution in [2.75, 3.05) is 18.5 Å². The Morgan fingerprint density at radius 1 is 1.10 bits per heavy atom. The van der Waals surface area contributed by atoms with Crippen LogP contribution in [-0.4, -0.2) is 19.1 Å². The van der Waals surface area contributed by atoms with E-state index >= 15 is 0 Å². The molecule has 0 aliphatic rings. The average molecular weight is 418 g/mol. The third kappa shape index (κ3) is 6.22. The number of para-hydroxylation sites is 2. The van der Waals surface area contributed by atoms with Gasteiger partial charge >= 0.3 is 0 Å². The van der Waals surface area contributed by atoms with E-state index in [1.54, 1.807) is 6.07 Å². The highest BCUT2D eigenvalue weighted by Gasteiger charge is 1.99. The molecule has 4 nitrogen and oxygen atoms in total. The second-order valence-corrected chi connectivity index (χ2v) is 4.44. The molecule has 0 saturated heterocycles. The Kier molecular flexibility index (Phi) is 7.92. The highest BCUT2D eigenvalue weighted by molar-refractivity contribution is 14.0. The second-order valence-electron chi connectivity index (χ2n) is 4.04. The van der Waals surface area contributed by atoms with Crippen LogP contribution in [0.1, 0.15) is 0 Å². The molecule has 0 aliphatic carbocycles. The number of benzene rings is 2. The molecule has 0 aromatic heterocycles. The zero-order chi connectivity index (χ0) is 14.2. The topological polar surface area (TPSA) is 59.6 Å². The largest absolute Gasteiger partial charge is 0.490 e. The summed E-state index contributed by atoms with van der Waals surface area (Å²) >= 11 is 5.98. The minimum absolute atomic E-state index is 0.